The van der Waals surface area contributed by atoms with E-state index in [2.05, 4.69) is 6.92 Å². The molecule has 0 aliphatic carbocycles. The van der Waals surface area contributed by atoms with Crippen LogP contribution in [0.3, 0.4) is 0 Å². The molecule has 0 saturated carbocycles. The quantitative estimate of drug-likeness (QED) is 0.183. The van der Waals surface area contributed by atoms with Gasteiger partial charge in [-0.15, -0.1) is 0 Å². The summed E-state index contributed by atoms with van der Waals surface area (Å²) in [6.45, 7) is 2.23. The van der Waals surface area contributed by atoms with E-state index in [-0.39, 0.29) is 6.42 Å². The number of rotatable bonds is 18. The third-order valence-corrected chi connectivity index (χ3v) is 5.24. The van der Waals surface area contributed by atoms with Crippen molar-refractivity contribution < 1.29 is 25.2 Å². The van der Waals surface area contributed by atoms with Crippen LogP contribution in [-0.2, 0) is 28.6 Å². The van der Waals surface area contributed by atoms with Gasteiger partial charge in [0.15, 0.2) is 6.29 Å². The van der Waals surface area contributed by atoms with Crippen molar-refractivity contribution in [1.82, 2.24) is 0 Å². The van der Waals surface area contributed by atoms with Crippen LogP contribution >= 0.6 is 0 Å². The molecule has 0 amide bonds. The van der Waals surface area contributed by atoms with Crippen molar-refractivity contribution in [3.8, 4) is 0 Å². The Labute approximate surface area is 161 Å². The second-order valence-electron chi connectivity index (χ2n) is 7.06. The summed E-state index contributed by atoms with van der Waals surface area (Å²) < 4.78 is 54.0. The average Bonchev–Trinajstić information content (AvgIpc) is 2.48. The molecule has 8 heteroatoms. The topological polar surface area (TPSA) is 86.7 Å². The van der Waals surface area contributed by atoms with Crippen molar-refractivity contribution in [3.05, 3.63) is 0 Å². The molecule has 26 heavy (non-hydrogen) atoms. The first-order valence-electron chi connectivity index (χ1n) is 9.90. The van der Waals surface area contributed by atoms with Gasteiger partial charge in [0.2, 0.25) is 0 Å². The zero-order valence-electron chi connectivity index (χ0n) is 16.7. The minimum atomic E-state index is -3.75. The van der Waals surface area contributed by atoms with E-state index in [1.54, 1.807) is 0 Å². The van der Waals surface area contributed by atoms with Crippen LogP contribution in [0.1, 0.15) is 96.8 Å². The lowest BCUT2D eigenvalue weighted by molar-refractivity contribution is 0.0104. The van der Waals surface area contributed by atoms with Gasteiger partial charge in [0.05, 0.1) is 12.5 Å². The summed E-state index contributed by atoms with van der Waals surface area (Å²) >= 11 is 0. The van der Waals surface area contributed by atoms with Crippen LogP contribution in [0.2, 0.25) is 0 Å². The lowest BCUT2D eigenvalue weighted by Crippen LogP contribution is -2.23. The van der Waals surface area contributed by atoms with E-state index >= 15 is 0 Å². The molecule has 158 valence electrons. The van der Waals surface area contributed by atoms with Crippen molar-refractivity contribution in [2.75, 3.05) is 12.5 Å². The van der Waals surface area contributed by atoms with Crippen molar-refractivity contribution in [2.45, 2.75) is 103 Å². The van der Waals surface area contributed by atoms with Crippen molar-refractivity contribution >= 4 is 20.2 Å². The normalized spacial score (nSPS) is 12.8. The van der Waals surface area contributed by atoms with Gasteiger partial charge in [0.1, 0.15) is 0 Å². The Morgan fingerprint density at radius 1 is 0.577 bits per heavy atom. The molecule has 0 heterocycles. The molecule has 0 atom stereocenters. The second-order valence-corrected chi connectivity index (χ2v) is 10.3. The molecule has 0 saturated heterocycles. The summed E-state index contributed by atoms with van der Waals surface area (Å²) in [6.07, 6.45) is 16.4. The van der Waals surface area contributed by atoms with Gasteiger partial charge in [0.25, 0.3) is 20.2 Å². The van der Waals surface area contributed by atoms with E-state index in [0.717, 1.165) is 31.8 Å². The Morgan fingerprint density at radius 2 is 0.885 bits per heavy atom. The first-order valence-corrected chi connectivity index (χ1v) is 13.5. The van der Waals surface area contributed by atoms with Gasteiger partial charge >= 0.3 is 0 Å². The fraction of sp³-hybridized carbons (Fsp3) is 1.00. The van der Waals surface area contributed by atoms with Crippen LogP contribution in [-0.4, -0.2) is 35.6 Å². The molecule has 0 unspecified atom stereocenters. The second kappa shape index (κ2) is 14.8. The lowest BCUT2D eigenvalue weighted by Gasteiger charge is -2.15. The van der Waals surface area contributed by atoms with E-state index in [9.17, 15) is 16.8 Å². The van der Waals surface area contributed by atoms with E-state index in [1.165, 1.54) is 57.8 Å². The smallest absolute Gasteiger partial charge is 0.237 e. The summed E-state index contributed by atoms with van der Waals surface area (Å²) in [5.41, 5.74) is 0. The molecule has 0 fully saturated rings. The van der Waals surface area contributed by atoms with Crippen LogP contribution in [0, 0.1) is 0 Å². The molecule has 0 N–H and O–H groups in total. The Balaban J connectivity index is 3.66. The van der Waals surface area contributed by atoms with Crippen LogP contribution in [0.4, 0.5) is 0 Å². The Bertz CT molecular complexity index is 494. The van der Waals surface area contributed by atoms with Gasteiger partial charge in [-0.2, -0.15) is 16.8 Å². The van der Waals surface area contributed by atoms with E-state index in [1.807, 2.05) is 0 Å². The molecule has 6 nitrogen and oxygen atoms in total. The molecular formula is C18H38O6S2. The summed E-state index contributed by atoms with van der Waals surface area (Å²) in [4.78, 5) is 0. The molecular weight excluding hydrogens is 376 g/mol. The molecule has 0 aliphatic heterocycles. The first kappa shape index (κ1) is 25.8. The highest BCUT2D eigenvalue weighted by molar-refractivity contribution is 7.86. The number of hydrogen-bond donors (Lipinski definition) is 0. The highest BCUT2D eigenvalue weighted by Gasteiger charge is 2.20. The predicted octanol–water partition coefficient (Wildman–Crippen LogP) is 4.75. The molecule has 0 rings (SSSR count). The fourth-order valence-corrected chi connectivity index (χ4v) is 3.93. The maximum absolute atomic E-state index is 11.2. The van der Waals surface area contributed by atoms with E-state index in [4.69, 9.17) is 8.37 Å². The highest BCUT2D eigenvalue weighted by atomic mass is 32.2. The van der Waals surface area contributed by atoms with Crippen LogP contribution in [0.5, 0.6) is 0 Å². The minimum Gasteiger partial charge on any atom is -0.237 e. The number of hydrogen-bond acceptors (Lipinski definition) is 6. The molecule has 0 aliphatic rings. The van der Waals surface area contributed by atoms with Crippen molar-refractivity contribution in [2.24, 2.45) is 0 Å². The summed E-state index contributed by atoms with van der Waals surface area (Å²) in [6, 6.07) is 0. The third-order valence-electron chi connectivity index (χ3n) is 4.11. The SMILES string of the molecule is CCCCCCCCCCCCCCCC(OS(C)(=O)=O)OS(C)(=O)=O. The molecule has 0 aromatic rings. The largest absolute Gasteiger partial charge is 0.266 e. The van der Waals surface area contributed by atoms with E-state index < -0.39 is 26.5 Å². The van der Waals surface area contributed by atoms with Gasteiger partial charge in [-0.3, -0.25) is 0 Å². The Kier molecular flexibility index (Phi) is 14.7. The maximum atomic E-state index is 11.2. The minimum absolute atomic E-state index is 0.248. The van der Waals surface area contributed by atoms with Crippen molar-refractivity contribution in [3.63, 3.8) is 0 Å². The standard InChI is InChI=1S/C18H38O6S2/c1-4-5-6-7-8-9-10-11-12-13-14-15-16-17-18(23-25(2,19)20)24-26(3,21)22/h18H,4-17H2,1-3H3. The Morgan fingerprint density at radius 3 is 1.19 bits per heavy atom. The summed E-state index contributed by atoms with van der Waals surface area (Å²) in [5.74, 6) is 0. The predicted molar refractivity (Wildman–Crippen MR) is 106 cm³/mol. The first-order chi connectivity index (χ1) is 12.1. The van der Waals surface area contributed by atoms with Gasteiger partial charge in [-0.05, 0) is 6.42 Å². The van der Waals surface area contributed by atoms with Crippen LogP contribution in [0.15, 0.2) is 0 Å². The molecule has 0 bridgehead atoms. The lowest BCUT2D eigenvalue weighted by atomic mass is 10.0. The molecule has 0 aromatic heterocycles. The summed E-state index contributed by atoms with van der Waals surface area (Å²) in [7, 11) is -7.51. The van der Waals surface area contributed by atoms with Crippen LogP contribution in [0.25, 0.3) is 0 Å². The molecule has 0 spiro atoms. The molecule has 0 radical (unpaired) electrons. The van der Waals surface area contributed by atoms with E-state index in [0.29, 0.717) is 6.42 Å². The van der Waals surface area contributed by atoms with Gasteiger partial charge < -0.3 is 0 Å². The monoisotopic (exact) mass is 414 g/mol. The fourth-order valence-electron chi connectivity index (χ4n) is 2.83. The van der Waals surface area contributed by atoms with Crippen LogP contribution < -0.4 is 0 Å². The third kappa shape index (κ3) is 20.1. The average molecular weight is 415 g/mol. The zero-order valence-corrected chi connectivity index (χ0v) is 18.4. The van der Waals surface area contributed by atoms with Gasteiger partial charge in [0, 0.05) is 6.42 Å². The van der Waals surface area contributed by atoms with Gasteiger partial charge in [-0.1, -0.05) is 84.0 Å². The maximum Gasteiger partial charge on any atom is 0.266 e. The van der Waals surface area contributed by atoms with Gasteiger partial charge in [-0.25, -0.2) is 8.37 Å². The number of unbranched alkanes of at least 4 members (excludes halogenated alkanes) is 12. The molecule has 0 aromatic carbocycles. The summed E-state index contributed by atoms with van der Waals surface area (Å²) in [5, 5.41) is 0. The highest BCUT2D eigenvalue weighted by Crippen LogP contribution is 2.16. The Hall–Kier alpha value is -0.180. The van der Waals surface area contributed by atoms with Crippen molar-refractivity contribution in [1.29, 1.82) is 0 Å². The zero-order chi connectivity index (χ0) is 19.9.